The van der Waals surface area contributed by atoms with Crippen LogP contribution in [0.5, 0.6) is 0 Å². The zero-order chi connectivity index (χ0) is 15.1. The SMILES string of the molecule is CCN(CC)C(=O)c1ccccc1NCC1CCCCC1. The first-order valence-corrected chi connectivity index (χ1v) is 8.38. The fourth-order valence-corrected chi connectivity index (χ4v) is 3.15. The molecule has 0 atom stereocenters. The molecule has 2 rings (SSSR count). The Hall–Kier alpha value is -1.51. The van der Waals surface area contributed by atoms with E-state index >= 15 is 0 Å². The molecule has 0 aromatic heterocycles. The molecule has 1 aromatic rings. The van der Waals surface area contributed by atoms with E-state index in [1.54, 1.807) is 0 Å². The number of para-hydroxylation sites is 1. The van der Waals surface area contributed by atoms with Crippen molar-refractivity contribution in [2.24, 2.45) is 5.92 Å². The summed E-state index contributed by atoms with van der Waals surface area (Å²) < 4.78 is 0. The highest BCUT2D eigenvalue weighted by Crippen LogP contribution is 2.25. The highest BCUT2D eigenvalue weighted by molar-refractivity contribution is 5.99. The number of anilines is 1. The van der Waals surface area contributed by atoms with E-state index in [9.17, 15) is 4.79 Å². The monoisotopic (exact) mass is 288 g/mol. The van der Waals surface area contributed by atoms with Gasteiger partial charge in [-0.3, -0.25) is 4.79 Å². The number of carbonyl (C=O) groups excluding carboxylic acids is 1. The van der Waals surface area contributed by atoms with E-state index in [1.165, 1.54) is 32.1 Å². The first-order chi connectivity index (χ1) is 10.3. The van der Waals surface area contributed by atoms with Crippen LogP contribution in [-0.4, -0.2) is 30.4 Å². The molecule has 1 aromatic carbocycles. The summed E-state index contributed by atoms with van der Waals surface area (Å²) >= 11 is 0. The van der Waals surface area contributed by atoms with Gasteiger partial charge in [0.25, 0.3) is 5.91 Å². The number of rotatable bonds is 6. The third kappa shape index (κ3) is 4.23. The van der Waals surface area contributed by atoms with Crippen molar-refractivity contribution in [3.05, 3.63) is 29.8 Å². The van der Waals surface area contributed by atoms with E-state index in [4.69, 9.17) is 0 Å². The molecule has 1 fully saturated rings. The van der Waals surface area contributed by atoms with Gasteiger partial charge in [0.05, 0.1) is 5.56 Å². The van der Waals surface area contributed by atoms with Crippen LogP contribution in [0.2, 0.25) is 0 Å². The molecule has 0 radical (unpaired) electrons. The van der Waals surface area contributed by atoms with Gasteiger partial charge in [0.1, 0.15) is 0 Å². The number of hydrogen-bond donors (Lipinski definition) is 1. The standard InChI is InChI=1S/C18H28N2O/c1-3-20(4-2)18(21)16-12-8-9-13-17(16)19-14-15-10-6-5-7-11-15/h8-9,12-13,15,19H,3-7,10-11,14H2,1-2H3. The van der Waals surface area contributed by atoms with Crippen LogP contribution >= 0.6 is 0 Å². The Morgan fingerprint density at radius 3 is 2.48 bits per heavy atom. The van der Waals surface area contributed by atoms with Crippen LogP contribution in [0.15, 0.2) is 24.3 Å². The van der Waals surface area contributed by atoms with Crippen molar-refractivity contribution < 1.29 is 4.79 Å². The van der Waals surface area contributed by atoms with Gasteiger partial charge in [-0.15, -0.1) is 0 Å². The van der Waals surface area contributed by atoms with Crippen LogP contribution in [0.4, 0.5) is 5.69 Å². The number of benzene rings is 1. The molecule has 1 aliphatic rings. The molecule has 3 nitrogen and oxygen atoms in total. The maximum atomic E-state index is 12.6. The molecule has 3 heteroatoms. The second kappa shape index (κ2) is 8.06. The third-order valence-electron chi connectivity index (χ3n) is 4.51. The molecule has 21 heavy (non-hydrogen) atoms. The zero-order valence-electron chi connectivity index (χ0n) is 13.4. The third-order valence-corrected chi connectivity index (χ3v) is 4.51. The molecule has 1 aliphatic carbocycles. The summed E-state index contributed by atoms with van der Waals surface area (Å²) in [7, 11) is 0. The Kier molecular flexibility index (Phi) is 6.09. The lowest BCUT2D eigenvalue weighted by molar-refractivity contribution is 0.0774. The van der Waals surface area contributed by atoms with Crippen molar-refractivity contribution in [3.63, 3.8) is 0 Å². The average Bonchev–Trinajstić information content (AvgIpc) is 2.55. The van der Waals surface area contributed by atoms with Crippen molar-refractivity contribution in [1.29, 1.82) is 0 Å². The fraction of sp³-hybridized carbons (Fsp3) is 0.611. The summed E-state index contributed by atoms with van der Waals surface area (Å²) in [6, 6.07) is 7.91. The average molecular weight is 288 g/mol. The van der Waals surface area contributed by atoms with Crippen LogP contribution in [0, 0.1) is 5.92 Å². The lowest BCUT2D eigenvalue weighted by Crippen LogP contribution is -2.31. The zero-order valence-corrected chi connectivity index (χ0v) is 13.4. The molecular formula is C18H28N2O. The normalized spacial score (nSPS) is 15.7. The van der Waals surface area contributed by atoms with Crippen LogP contribution in [0.25, 0.3) is 0 Å². The van der Waals surface area contributed by atoms with Crippen molar-refractivity contribution in [2.75, 3.05) is 25.0 Å². The van der Waals surface area contributed by atoms with E-state index in [1.807, 2.05) is 43.0 Å². The summed E-state index contributed by atoms with van der Waals surface area (Å²) in [5, 5.41) is 3.52. The Morgan fingerprint density at radius 1 is 1.14 bits per heavy atom. The maximum absolute atomic E-state index is 12.6. The number of nitrogens with one attached hydrogen (secondary N) is 1. The molecule has 0 bridgehead atoms. The minimum Gasteiger partial charge on any atom is -0.384 e. The van der Waals surface area contributed by atoms with Crippen LogP contribution in [0.1, 0.15) is 56.3 Å². The Morgan fingerprint density at radius 2 is 1.81 bits per heavy atom. The fourth-order valence-electron chi connectivity index (χ4n) is 3.15. The Bertz CT molecular complexity index is 448. The van der Waals surface area contributed by atoms with Crippen LogP contribution < -0.4 is 5.32 Å². The van der Waals surface area contributed by atoms with E-state index in [0.29, 0.717) is 0 Å². The van der Waals surface area contributed by atoms with E-state index in [-0.39, 0.29) is 5.91 Å². The molecule has 1 saturated carbocycles. The van der Waals surface area contributed by atoms with Gasteiger partial charge in [-0.05, 0) is 44.7 Å². The number of nitrogens with zero attached hydrogens (tertiary/aromatic N) is 1. The summed E-state index contributed by atoms with van der Waals surface area (Å²) in [5.74, 6) is 0.891. The van der Waals surface area contributed by atoms with Crippen LogP contribution in [-0.2, 0) is 0 Å². The van der Waals surface area contributed by atoms with Gasteiger partial charge < -0.3 is 10.2 Å². The van der Waals surface area contributed by atoms with E-state index < -0.39 is 0 Å². The summed E-state index contributed by atoms with van der Waals surface area (Å²) in [6.07, 6.45) is 6.73. The molecule has 116 valence electrons. The highest BCUT2D eigenvalue weighted by atomic mass is 16.2. The van der Waals surface area contributed by atoms with Crippen molar-refractivity contribution >= 4 is 11.6 Å². The van der Waals surface area contributed by atoms with Gasteiger partial charge in [-0.1, -0.05) is 31.4 Å². The molecule has 0 aliphatic heterocycles. The van der Waals surface area contributed by atoms with Gasteiger partial charge >= 0.3 is 0 Å². The molecule has 0 unspecified atom stereocenters. The van der Waals surface area contributed by atoms with E-state index in [0.717, 1.165) is 36.8 Å². The van der Waals surface area contributed by atoms with Gasteiger partial charge in [0, 0.05) is 25.3 Å². The molecule has 1 amide bonds. The molecule has 0 heterocycles. The van der Waals surface area contributed by atoms with Gasteiger partial charge in [0.15, 0.2) is 0 Å². The Labute approximate surface area is 128 Å². The predicted octanol–water partition coefficient (Wildman–Crippen LogP) is 4.16. The maximum Gasteiger partial charge on any atom is 0.255 e. The quantitative estimate of drug-likeness (QED) is 0.852. The number of hydrogen-bond acceptors (Lipinski definition) is 2. The first-order valence-electron chi connectivity index (χ1n) is 8.38. The minimum absolute atomic E-state index is 0.131. The minimum atomic E-state index is 0.131. The lowest BCUT2D eigenvalue weighted by atomic mass is 9.89. The van der Waals surface area contributed by atoms with Crippen molar-refractivity contribution in [2.45, 2.75) is 46.0 Å². The summed E-state index contributed by atoms with van der Waals surface area (Å²) in [6.45, 7) is 6.56. The predicted molar refractivity (Wildman–Crippen MR) is 88.8 cm³/mol. The molecule has 1 N–H and O–H groups in total. The molecular weight excluding hydrogens is 260 g/mol. The second-order valence-corrected chi connectivity index (χ2v) is 5.91. The highest BCUT2D eigenvalue weighted by Gasteiger charge is 2.17. The summed E-state index contributed by atoms with van der Waals surface area (Å²) in [4.78, 5) is 14.4. The summed E-state index contributed by atoms with van der Waals surface area (Å²) in [5.41, 5.74) is 1.79. The smallest absolute Gasteiger partial charge is 0.255 e. The molecule has 0 spiro atoms. The van der Waals surface area contributed by atoms with Gasteiger partial charge in [-0.2, -0.15) is 0 Å². The van der Waals surface area contributed by atoms with Gasteiger partial charge in [0.2, 0.25) is 0 Å². The van der Waals surface area contributed by atoms with Crippen LogP contribution in [0.3, 0.4) is 0 Å². The van der Waals surface area contributed by atoms with Crippen molar-refractivity contribution in [3.8, 4) is 0 Å². The number of amides is 1. The lowest BCUT2D eigenvalue weighted by Gasteiger charge is -2.24. The van der Waals surface area contributed by atoms with Crippen molar-refractivity contribution in [1.82, 2.24) is 4.90 Å². The topological polar surface area (TPSA) is 32.3 Å². The van der Waals surface area contributed by atoms with Gasteiger partial charge in [-0.25, -0.2) is 0 Å². The largest absolute Gasteiger partial charge is 0.384 e. The second-order valence-electron chi connectivity index (χ2n) is 5.91. The first kappa shape index (κ1) is 15.9. The Balaban J connectivity index is 2.03. The number of carbonyl (C=O) groups is 1. The molecule has 0 saturated heterocycles. The van der Waals surface area contributed by atoms with E-state index in [2.05, 4.69) is 5.32 Å².